The van der Waals surface area contributed by atoms with Crippen LogP contribution in [0, 0.1) is 25.5 Å². The summed E-state index contributed by atoms with van der Waals surface area (Å²) in [7, 11) is 0. The number of carbonyl (C=O) groups excluding carboxylic acids is 1. The molecule has 1 aromatic carbocycles. The Labute approximate surface area is 145 Å². The summed E-state index contributed by atoms with van der Waals surface area (Å²) in [6.45, 7) is 7.98. The van der Waals surface area contributed by atoms with Crippen LogP contribution in [0.15, 0.2) is 36.9 Å². The van der Waals surface area contributed by atoms with Gasteiger partial charge >= 0.3 is 0 Å². The Kier molecular flexibility index (Phi) is 5.73. The van der Waals surface area contributed by atoms with Crippen molar-refractivity contribution in [3.05, 3.63) is 76.6 Å². The third-order valence-corrected chi connectivity index (χ3v) is 4.38. The number of allylic oxidation sites excluding steroid dienone is 2. The van der Waals surface area contributed by atoms with E-state index in [1.54, 1.807) is 12.2 Å². The molecule has 0 unspecified atom stereocenters. The lowest BCUT2D eigenvalue weighted by Crippen LogP contribution is -2.03. The molecular weight excluding hydrogens is 332 g/mol. The molecule has 24 heavy (non-hydrogen) atoms. The van der Waals surface area contributed by atoms with Crippen LogP contribution in [-0.4, -0.2) is 10.9 Å². The standard InChI is InChI=1S/C19H18ClF2NO/c1-4-9-23-13(3)12(2)16(11-24)19(23)17(20)8-6-14-5-7-15(21)10-18(14)22/h4-5,7-8,10-11H,1,6,9H2,2-3H3/b17-8+. The number of rotatable bonds is 6. The van der Waals surface area contributed by atoms with E-state index in [-0.39, 0.29) is 6.42 Å². The molecule has 2 nitrogen and oxygen atoms in total. The zero-order valence-corrected chi connectivity index (χ0v) is 14.3. The number of aldehydes is 1. The van der Waals surface area contributed by atoms with Gasteiger partial charge in [0, 0.05) is 23.9 Å². The third kappa shape index (κ3) is 3.49. The fourth-order valence-corrected chi connectivity index (χ4v) is 2.91. The van der Waals surface area contributed by atoms with Crippen molar-refractivity contribution in [1.29, 1.82) is 0 Å². The van der Waals surface area contributed by atoms with Crippen LogP contribution < -0.4 is 0 Å². The lowest BCUT2D eigenvalue weighted by Gasteiger charge is -2.09. The van der Waals surface area contributed by atoms with Gasteiger partial charge in [-0.05, 0) is 37.5 Å². The molecule has 0 amide bonds. The van der Waals surface area contributed by atoms with Gasteiger partial charge in [0.15, 0.2) is 6.29 Å². The first kappa shape index (κ1) is 18.1. The predicted molar refractivity (Wildman–Crippen MR) is 93.4 cm³/mol. The fraction of sp³-hybridized carbons (Fsp3) is 0.211. The average Bonchev–Trinajstić information content (AvgIpc) is 2.78. The van der Waals surface area contributed by atoms with Crippen LogP contribution in [0.25, 0.3) is 5.03 Å². The van der Waals surface area contributed by atoms with E-state index in [0.717, 1.165) is 23.6 Å². The Morgan fingerprint density at radius 1 is 1.33 bits per heavy atom. The molecule has 5 heteroatoms. The van der Waals surface area contributed by atoms with Crippen LogP contribution in [0.2, 0.25) is 0 Å². The lowest BCUT2D eigenvalue weighted by atomic mass is 10.1. The molecular formula is C19H18ClF2NO. The van der Waals surface area contributed by atoms with E-state index in [2.05, 4.69) is 6.58 Å². The molecule has 0 N–H and O–H groups in total. The van der Waals surface area contributed by atoms with Crippen molar-refractivity contribution in [3.8, 4) is 0 Å². The first-order valence-corrected chi connectivity index (χ1v) is 7.84. The molecule has 0 radical (unpaired) electrons. The molecule has 0 bridgehead atoms. The van der Waals surface area contributed by atoms with Crippen molar-refractivity contribution in [2.24, 2.45) is 0 Å². The molecule has 2 rings (SSSR count). The number of hydrogen-bond donors (Lipinski definition) is 0. The summed E-state index contributed by atoms with van der Waals surface area (Å²) in [6.07, 6.45) is 4.31. The van der Waals surface area contributed by atoms with Gasteiger partial charge in [-0.15, -0.1) is 6.58 Å². The van der Waals surface area contributed by atoms with Gasteiger partial charge < -0.3 is 4.57 Å². The smallest absolute Gasteiger partial charge is 0.152 e. The summed E-state index contributed by atoms with van der Waals surface area (Å²) in [5, 5.41) is 0.346. The van der Waals surface area contributed by atoms with Crippen molar-refractivity contribution in [1.82, 2.24) is 4.57 Å². The topological polar surface area (TPSA) is 22.0 Å². The van der Waals surface area contributed by atoms with Crippen molar-refractivity contribution >= 4 is 22.9 Å². The van der Waals surface area contributed by atoms with E-state index < -0.39 is 11.6 Å². The monoisotopic (exact) mass is 349 g/mol. The second-order valence-electron chi connectivity index (χ2n) is 5.48. The van der Waals surface area contributed by atoms with E-state index in [1.165, 1.54) is 12.1 Å². The van der Waals surface area contributed by atoms with Crippen molar-refractivity contribution in [2.75, 3.05) is 0 Å². The summed E-state index contributed by atoms with van der Waals surface area (Å²) in [5.74, 6) is -1.25. The maximum atomic E-state index is 13.7. The predicted octanol–water partition coefficient (Wildman–Crippen LogP) is 5.20. The highest BCUT2D eigenvalue weighted by atomic mass is 35.5. The summed E-state index contributed by atoms with van der Waals surface area (Å²) < 4.78 is 28.6. The highest BCUT2D eigenvalue weighted by molar-refractivity contribution is 6.49. The number of aromatic nitrogens is 1. The first-order chi connectivity index (χ1) is 11.4. The van der Waals surface area contributed by atoms with Crippen molar-refractivity contribution in [2.45, 2.75) is 26.8 Å². The maximum absolute atomic E-state index is 13.7. The largest absolute Gasteiger partial charge is 0.340 e. The van der Waals surface area contributed by atoms with Crippen LogP contribution in [-0.2, 0) is 13.0 Å². The van der Waals surface area contributed by atoms with Gasteiger partial charge in [0.25, 0.3) is 0 Å². The average molecular weight is 350 g/mol. The van der Waals surface area contributed by atoms with Crippen LogP contribution in [0.1, 0.15) is 32.9 Å². The SMILES string of the molecule is C=CCn1c(C)c(C)c(C=O)c1/C(Cl)=C\Cc1ccc(F)cc1F. The van der Waals surface area contributed by atoms with Crippen LogP contribution >= 0.6 is 11.6 Å². The van der Waals surface area contributed by atoms with Gasteiger partial charge in [-0.1, -0.05) is 29.8 Å². The van der Waals surface area contributed by atoms with E-state index >= 15 is 0 Å². The second kappa shape index (κ2) is 7.58. The molecule has 0 spiro atoms. The highest BCUT2D eigenvalue weighted by Gasteiger charge is 2.18. The Morgan fingerprint density at radius 2 is 2.04 bits per heavy atom. The lowest BCUT2D eigenvalue weighted by molar-refractivity contribution is 0.112. The van der Waals surface area contributed by atoms with Gasteiger partial charge in [0.2, 0.25) is 0 Å². The second-order valence-corrected chi connectivity index (χ2v) is 5.89. The molecule has 0 aliphatic rings. The fourth-order valence-electron chi connectivity index (χ4n) is 2.63. The van der Waals surface area contributed by atoms with E-state index in [4.69, 9.17) is 11.6 Å². The summed E-state index contributed by atoms with van der Waals surface area (Å²) in [6, 6.07) is 3.42. The minimum absolute atomic E-state index is 0.195. The van der Waals surface area contributed by atoms with Gasteiger partial charge in [-0.25, -0.2) is 8.78 Å². The Morgan fingerprint density at radius 3 is 2.62 bits per heavy atom. The third-order valence-electron chi connectivity index (χ3n) is 4.05. The molecule has 126 valence electrons. The van der Waals surface area contributed by atoms with Crippen LogP contribution in [0.5, 0.6) is 0 Å². The summed E-state index contributed by atoms with van der Waals surface area (Å²) in [5.41, 5.74) is 3.20. The van der Waals surface area contributed by atoms with Crippen molar-refractivity contribution in [3.63, 3.8) is 0 Å². The molecule has 0 saturated heterocycles. The molecule has 0 fully saturated rings. The van der Waals surface area contributed by atoms with E-state index in [9.17, 15) is 13.6 Å². The number of halogens is 3. The van der Waals surface area contributed by atoms with Gasteiger partial charge in [0.1, 0.15) is 11.6 Å². The molecule has 0 aliphatic carbocycles. The number of benzene rings is 1. The molecule has 0 atom stereocenters. The molecule has 0 aliphatic heterocycles. The van der Waals surface area contributed by atoms with Gasteiger partial charge in [0.05, 0.1) is 10.7 Å². The zero-order valence-electron chi connectivity index (χ0n) is 13.6. The van der Waals surface area contributed by atoms with E-state index in [1.807, 2.05) is 18.4 Å². The van der Waals surface area contributed by atoms with Crippen LogP contribution in [0.4, 0.5) is 8.78 Å². The molecule has 1 heterocycles. The molecule has 2 aromatic rings. The quantitative estimate of drug-likeness (QED) is 0.518. The number of carbonyl (C=O) groups is 1. The number of nitrogens with zero attached hydrogens (tertiary/aromatic N) is 1. The highest BCUT2D eigenvalue weighted by Crippen LogP contribution is 2.30. The molecule has 1 aromatic heterocycles. The Hall–Kier alpha value is -2.20. The Balaban J connectivity index is 2.44. The normalized spacial score (nSPS) is 11.6. The van der Waals surface area contributed by atoms with Gasteiger partial charge in [-0.3, -0.25) is 4.79 Å². The minimum Gasteiger partial charge on any atom is -0.340 e. The van der Waals surface area contributed by atoms with Crippen molar-refractivity contribution < 1.29 is 13.6 Å². The Bertz CT molecular complexity index is 821. The summed E-state index contributed by atoms with van der Waals surface area (Å²) >= 11 is 6.40. The number of hydrogen-bond acceptors (Lipinski definition) is 1. The van der Waals surface area contributed by atoms with Crippen LogP contribution in [0.3, 0.4) is 0 Å². The maximum Gasteiger partial charge on any atom is 0.152 e. The van der Waals surface area contributed by atoms with Gasteiger partial charge in [-0.2, -0.15) is 0 Å². The zero-order chi connectivity index (χ0) is 17.9. The molecule has 0 saturated carbocycles. The minimum atomic E-state index is -0.625. The van der Waals surface area contributed by atoms with E-state index in [0.29, 0.717) is 28.4 Å². The first-order valence-electron chi connectivity index (χ1n) is 7.46. The summed E-state index contributed by atoms with van der Waals surface area (Å²) in [4.78, 5) is 11.5.